The molecule has 2 aromatic heterocycles. The van der Waals surface area contributed by atoms with Gasteiger partial charge in [0.1, 0.15) is 90.6 Å². The number of thiol groups is 2. The van der Waals surface area contributed by atoms with Crippen molar-refractivity contribution in [2.24, 2.45) is 46.6 Å². The van der Waals surface area contributed by atoms with Crippen molar-refractivity contribution in [3.63, 3.8) is 0 Å². The third-order valence-electron chi connectivity index (χ3n) is 24.4. The molecule has 784 valence electrons. The van der Waals surface area contributed by atoms with Gasteiger partial charge in [0.15, 0.2) is 0 Å². The van der Waals surface area contributed by atoms with E-state index in [2.05, 4.69) is 110 Å². The van der Waals surface area contributed by atoms with Crippen LogP contribution in [0.5, 0.6) is 0 Å². The molecule has 46 heteroatoms. The maximum absolute atomic E-state index is 15.4. The fourth-order valence-corrected chi connectivity index (χ4v) is 16.9. The topological polar surface area (TPSA) is 709 Å². The highest BCUT2D eigenvalue weighted by Crippen LogP contribution is 2.26. The van der Waals surface area contributed by atoms with Crippen LogP contribution >= 0.6 is 25.3 Å². The summed E-state index contributed by atoms with van der Waals surface area (Å²) in [7, 11) is 0. The number of para-hydroxylation sites is 2. The lowest BCUT2D eigenvalue weighted by atomic mass is 9.96. The molecular formula is C98H137N21O23S2. The molecule has 144 heavy (non-hydrogen) atoms. The van der Waals surface area contributed by atoms with Gasteiger partial charge in [-0.15, -0.1) is 0 Å². The molecule has 1 aliphatic heterocycles. The number of primary amides is 2. The van der Waals surface area contributed by atoms with Crippen LogP contribution in [0.15, 0.2) is 122 Å². The van der Waals surface area contributed by atoms with E-state index in [4.69, 9.17) is 22.9 Å². The molecule has 44 nitrogen and oxygen atoms in total. The molecule has 27 N–H and O–H groups in total. The van der Waals surface area contributed by atoms with E-state index >= 15 is 28.8 Å². The molecule has 17 amide bonds. The van der Waals surface area contributed by atoms with Crippen LogP contribution in [-0.4, -0.2) is 270 Å². The predicted molar refractivity (Wildman–Crippen MR) is 537 cm³/mol. The number of unbranched alkanes of at least 4 members (excludes halogenated alkanes) is 1. The van der Waals surface area contributed by atoms with E-state index < -0.39 is 283 Å². The Balaban J connectivity index is 1.10. The van der Waals surface area contributed by atoms with Crippen molar-refractivity contribution < 1.29 is 111 Å². The summed E-state index contributed by atoms with van der Waals surface area (Å²) < 4.78 is 0. The second-order valence-corrected chi connectivity index (χ2v) is 37.8. The Hall–Kier alpha value is -14.0. The number of fused-ring (bicyclic) bond motifs is 2. The first-order valence-corrected chi connectivity index (χ1v) is 49.2. The third-order valence-corrected chi connectivity index (χ3v) is 25.1. The average molecular weight is 2040 g/mol. The molecule has 1 aliphatic rings. The Labute approximate surface area is 844 Å². The Morgan fingerprint density at radius 2 is 0.792 bits per heavy atom. The first-order chi connectivity index (χ1) is 68.3. The summed E-state index contributed by atoms with van der Waals surface area (Å²) in [6.45, 7) is 13.4. The largest absolute Gasteiger partial charge is 0.481 e. The van der Waals surface area contributed by atoms with Gasteiger partial charge in [-0.05, 0) is 122 Å². The third kappa shape index (κ3) is 36.7. The summed E-state index contributed by atoms with van der Waals surface area (Å²) in [5.74, 6) is -23.6. The summed E-state index contributed by atoms with van der Waals surface area (Å²) in [4.78, 5) is 288. The van der Waals surface area contributed by atoms with Crippen LogP contribution in [0.1, 0.15) is 168 Å². The highest BCUT2D eigenvalue weighted by molar-refractivity contribution is 7.80. The van der Waals surface area contributed by atoms with E-state index in [1.165, 1.54) is 4.90 Å². The lowest BCUT2D eigenvalue weighted by Crippen LogP contribution is -2.62. The van der Waals surface area contributed by atoms with Crippen LogP contribution in [0.3, 0.4) is 0 Å². The summed E-state index contributed by atoms with van der Waals surface area (Å²) in [5.41, 5.74) is 26.5. The zero-order valence-corrected chi connectivity index (χ0v) is 83.6. The number of nitrogens with one attached hydrogen (secondary N) is 16. The maximum Gasteiger partial charge on any atom is 0.326 e. The number of amides is 17. The number of aliphatic carboxylic acids is 3. The van der Waals surface area contributed by atoms with Gasteiger partial charge in [0.2, 0.25) is 100 Å². The number of aromatic amines is 2. The van der Waals surface area contributed by atoms with Gasteiger partial charge in [-0.2, -0.15) is 25.3 Å². The standard InChI is InChI=1S/C98H137N21O23S2/c1-9-54(8)82(96(139)114-73(98(141)142)40-52(4)5)118-91(134)72(46-78(102)121)113-93(136)74(49-143)115-88(131)69(42-56-25-14-11-15-26-56)111-89(132)70(43-57-47-103-62-29-18-16-27-59(57)62)112-84(127)64(33-35-77(101)120)106-94(137)76-32-22-38-119(76)97(140)66(31-20-21-37-99)107-87(130)68(41-55-23-12-10-13-24-55)110-86(129)67(39-51(2)3)109-85(128)65(34-36-79(122)123)105-92(135)75(50-144)116-95(138)81(53(6)7)117-90(133)71(108-83(126)61(100)45-80(124)125)44-58-48-104-63-30-19-17-28-60(58)63/h10-19,23-30,47-48,51-54,61,64-76,81-82,103-104,143-144H,9,20-22,31-46,49-50,99-100H2,1-8H3,(H2,101,120)(H2,102,121)(H,105,135)(H,106,137)(H,107,130)(H,108,126)(H,109,128)(H,110,129)(H,111,132)(H,112,127)(H,113,136)(H,114,139)(H,115,131)(H,116,138)(H,117,133)(H,118,134)(H,122,123)(H,124,125)(H,141,142)/t54-,61-,64-,65-,66-,67-,68-,69-,70-,71-,72-,73-,74-,75-,76-,81-,82-/m0/s1. The molecule has 0 saturated carbocycles. The van der Waals surface area contributed by atoms with Crippen molar-refractivity contribution >= 4 is 165 Å². The predicted octanol–water partition coefficient (Wildman–Crippen LogP) is -0.627. The minimum atomic E-state index is -1.78. The van der Waals surface area contributed by atoms with Gasteiger partial charge >= 0.3 is 17.9 Å². The number of rotatable bonds is 61. The first kappa shape index (κ1) is 117. The van der Waals surface area contributed by atoms with Crippen LogP contribution < -0.4 is 97.4 Å². The smallest absolute Gasteiger partial charge is 0.326 e. The fourth-order valence-electron chi connectivity index (χ4n) is 16.4. The Bertz CT molecular complexity index is 5470. The lowest BCUT2D eigenvalue weighted by molar-refractivity contribution is -0.143. The molecule has 4 aromatic carbocycles. The number of H-pyrrole nitrogens is 2. The molecule has 1 saturated heterocycles. The number of benzene rings is 4. The van der Waals surface area contributed by atoms with Crippen LogP contribution in [-0.2, 0) is 122 Å². The highest BCUT2D eigenvalue weighted by atomic mass is 32.1. The van der Waals surface area contributed by atoms with Gasteiger partial charge in [0.25, 0.3) is 0 Å². The Morgan fingerprint density at radius 1 is 0.403 bits per heavy atom. The zero-order chi connectivity index (χ0) is 106. The molecule has 7 rings (SSSR count). The number of carbonyl (C=O) groups is 20. The summed E-state index contributed by atoms with van der Waals surface area (Å²) in [5, 5.41) is 66.8. The lowest BCUT2D eigenvalue weighted by Gasteiger charge is -2.31. The first-order valence-electron chi connectivity index (χ1n) is 48.0. The van der Waals surface area contributed by atoms with E-state index in [1.54, 1.807) is 177 Å². The minimum Gasteiger partial charge on any atom is -0.481 e. The van der Waals surface area contributed by atoms with Gasteiger partial charge in [0.05, 0.1) is 18.9 Å². The van der Waals surface area contributed by atoms with Crippen LogP contribution in [0.2, 0.25) is 0 Å². The van der Waals surface area contributed by atoms with Crippen LogP contribution in [0.25, 0.3) is 21.8 Å². The van der Waals surface area contributed by atoms with Crippen molar-refractivity contribution in [2.75, 3.05) is 24.6 Å². The summed E-state index contributed by atoms with van der Waals surface area (Å²) in [6.07, 6.45) is -0.880. The molecule has 0 unspecified atom stereocenters. The number of likely N-dealkylation sites (tertiary alicyclic amines) is 1. The maximum atomic E-state index is 15.4. The summed E-state index contributed by atoms with van der Waals surface area (Å²) >= 11 is 8.66. The van der Waals surface area contributed by atoms with Crippen molar-refractivity contribution in [1.29, 1.82) is 0 Å². The molecular weight excluding hydrogens is 1900 g/mol. The Morgan fingerprint density at radius 3 is 1.26 bits per heavy atom. The van der Waals surface area contributed by atoms with Crippen molar-refractivity contribution in [3.05, 3.63) is 144 Å². The van der Waals surface area contributed by atoms with E-state index in [1.807, 2.05) is 0 Å². The number of carboxylic acid groups (broad SMARTS) is 3. The SMILES string of the molecule is CC[C@H](C)[C@H](NC(=O)[C@H](CC(N)=O)NC(=O)[C@H](CS)NC(=O)[C@H](Cc1ccccc1)NC(=O)[C@H](Cc1c[nH]c2ccccc12)NC(=O)[C@H](CCC(N)=O)NC(=O)[C@@H]1CCCN1C(=O)[C@H](CCCCN)NC(=O)[C@H](Cc1ccccc1)NC(=O)[C@H](CC(C)C)NC(=O)[C@H](CCC(=O)O)NC(=O)[C@H](CS)NC(=O)[C@@H](NC(=O)[C@H](Cc1c[nH]c2ccccc12)NC(=O)[C@@H](N)CC(=O)O)C(C)C)C(=O)N[C@@H](CC(C)C)C(=O)O. The molecule has 17 atom stereocenters. The number of carboxylic acids is 3. The Kier molecular flexibility index (Phi) is 47.0. The molecule has 0 bridgehead atoms. The number of carbonyl (C=O) groups excluding carboxylic acids is 17. The average Bonchev–Trinajstić information content (AvgIpc) is 1.66. The van der Waals surface area contributed by atoms with Crippen molar-refractivity contribution in [2.45, 2.75) is 268 Å². The van der Waals surface area contributed by atoms with E-state index in [-0.39, 0.29) is 83.2 Å². The highest BCUT2D eigenvalue weighted by Gasteiger charge is 2.44. The number of aromatic nitrogens is 2. The number of hydrogen-bond donors (Lipinski definition) is 25. The monoisotopic (exact) mass is 2040 g/mol. The van der Waals surface area contributed by atoms with E-state index in [0.29, 0.717) is 56.9 Å². The van der Waals surface area contributed by atoms with E-state index in [9.17, 15) is 82.4 Å². The summed E-state index contributed by atoms with van der Waals surface area (Å²) in [6, 6.07) is 5.79. The normalized spacial score (nSPS) is 15.7. The zero-order valence-electron chi connectivity index (χ0n) is 81.8. The second kappa shape index (κ2) is 57.9. The van der Waals surface area contributed by atoms with Gasteiger partial charge in [-0.25, -0.2) is 4.79 Å². The molecule has 1 fully saturated rings. The quantitative estimate of drug-likeness (QED) is 0.0167. The molecule has 3 heterocycles. The fraction of sp³-hybridized carbons (Fsp3) is 0.510. The van der Waals surface area contributed by atoms with Crippen molar-refractivity contribution in [1.82, 2.24) is 89.3 Å². The molecule has 0 radical (unpaired) electrons. The molecule has 6 aromatic rings. The van der Waals surface area contributed by atoms with Gasteiger partial charge < -0.3 is 128 Å². The van der Waals surface area contributed by atoms with Gasteiger partial charge in [-0.1, -0.05) is 159 Å². The number of nitrogens with two attached hydrogens (primary N) is 4. The van der Waals surface area contributed by atoms with Gasteiger partial charge in [-0.3, -0.25) is 91.1 Å². The van der Waals surface area contributed by atoms with Crippen LogP contribution in [0.4, 0.5) is 0 Å². The number of nitrogens with zero attached hydrogens (tertiary/aromatic N) is 1. The molecule has 0 spiro atoms. The van der Waals surface area contributed by atoms with Crippen LogP contribution in [0, 0.1) is 23.7 Å². The van der Waals surface area contributed by atoms with Gasteiger partial charge in [0, 0.05) is 90.8 Å². The minimum absolute atomic E-state index is 0.0179. The second-order valence-electron chi connectivity index (χ2n) is 37.1. The van der Waals surface area contributed by atoms with Crippen molar-refractivity contribution in [3.8, 4) is 0 Å². The van der Waals surface area contributed by atoms with E-state index in [0.717, 1.165) is 0 Å². The molecule has 0 aliphatic carbocycles. The number of hydrogen-bond acceptors (Lipinski definition) is 24.